The molecule has 7 nitrogen and oxygen atoms in total. The number of H-pyrrole nitrogens is 1. The molecule has 2 N–H and O–H groups in total. The van der Waals surface area contributed by atoms with E-state index in [2.05, 4.69) is 20.4 Å². The zero-order valence-electron chi connectivity index (χ0n) is 12.3. The van der Waals surface area contributed by atoms with E-state index in [1.54, 1.807) is 12.3 Å². The van der Waals surface area contributed by atoms with Gasteiger partial charge >= 0.3 is 5.69 Å². The topological polar surface area (TPSA) is 92.7 Å². The number of aromatic nitrogens is 4. The van der Waals surface area contributed by atoms with Crippen LogP contribution in [-0.4, -0.2) is 32.2 Å². The van der Waals surface area contributed by atoms with Gasteiger partial charge in [-0.25, -0.2) is 9.78 Å². The molecule has 0 bridgehead atoms. The fraction of sp³-hybridized carbons (Fsp3) is 0.467. The summed E-state index contributed by atoms with van der Waals surface area (Å²) < 4.78 is 1.91. The molecule has 2 aromatic rings. The van der Waals surface area contributed by atoms with Gasteiger partial charge in [-0.05, 0) is 30.9 Å². The van der Waals surface area contributed by atoms with Crippen molar-refractivity contribution in [3.8, 4) is 0 Å². The molecular formula is C15H19N5O2. The summed E-state index contributed by atoms with van der Waals surface area (Å²) in [6.07, 6.45) is 10.4. The maximum Gasteiger partial charge on any atom is 0.344 e. The average molecular weight is 301 g/mol. The second-order valence-electron chi connectivity index (χ2n) is 5.55. The quantitative estimate of drug-likeness (QED) is 0.863. The lowest BCUT2D eigenvalue weighted by molar-refractivity contribution is 0.0948. The van der Waals surface area contributed by atoms with Crippen LogP contribution < -0.4 is 11.0 Å². The van der Waals surface area contributed by atoms with E-state index in [0.29, 0.717) is 24.7 Å². The number of rotatable bonds is 5. The molecule has 1 amide bonds. The van der Waals surface area contributed by atoms with Gasteiger partial charge in [0.15, 0.2) is 0 Å². The first-order valence-corrected chi connectivity index (χ1v) is 7.59. The summed E-state index contributed by atoms with van der Waals surface area (Å²) in [5, 5.41) is 7.21. The molecule has 1 fully saturated rings. The Hall–Kier alpha value is -2.44. The molecule has 2 aromatic heterocycles. The zero-order valence-corrected chi connectivity index (χ0v) is 12.3. The van der Waals surface area contributed by atoms with E-state index in [4.69, 9.17) is 0 Å². The molecule has 3 rings (SSSR count). The minimum Gasteiger partial charge on any atom is -0.350 e. The first-order valence-electron chi connectivity index (χ1n) is 7.59. The summed E-state index contributed by atoms with van der Waals surface area (Å²) in [7, 11) is 0. The Bertz CT molecular complexity index is 679. The predicted molar refractivity (Wildman–Crippen MR) is 80.6 cm³/mol. The van der Waals surface area contributed by atoms with Gasteiger partial charge in [-0.1, -0.05) is 12.8 Å². The highest BCUT2D eigenvalue weighted by Gasteiger charge is 2.18. The molecule has 7 heteroatoms. The predicted octanol–water partition coefficient (Wildman–Crippen LogP) is 1.05. The monoisotopic (exact) mass is 301 g/mol. The molecule has 1 aliphatic carbocycles. The van der Waals surface area contributed by atoms with Gasteiger partial charge in [0, 0.05) is 25.1 Å². The Morgan fingerprint density at radius 3 is 2.95 bits per heavy atom. The first-order chi connectivity index (χ1) is 10.7. The largest absolute Gasteiger partial charge is 0.350 e. The van der Waals surface area contributed by atoms with E-state index >= 15 is 0 Å². The minimum absolute atomic E-state index is 0.172. The maximum atomic E-state index is 12.1. The van der Waals surface area contributed by atoms with E-state index in [-0.39, 0.29) is 11.6 Å². The van der Waals surface area contributed by atoms with Gasteiger partial charge in [-0.3, -0.25) is 9.48 Å². The van der Waals surface area contributed by atoms with E-state index in [0.717, 1.165) is 18.4 Å². The van der Waals surface area contributed by atoms with Crippen LogP contribution in [0.2, 0.25) is 0 Å². The van der Waals surface area contributed by atoms with Crippen LogP contribution in [0.15, 0.2) is 29.5 Å². The highest BCUT2D eigenvalue weighted by molar-refractivity contribution is 5.92. The lowest BCUT2D eigenvalue weighted by Crippen LogP contribution is -2.26. The molecule has 0 radical (unpaired) electrons. The summed E-state index contributed by atoms with van der Waals surface area (Å²) in [6.45, 7) is 0.475. The summed E-state index contributed by atoms with van der Waals surface area (Å²) in [4.78, 5) is 29.1. The molecule has 0 atom stereocenters. The van der Waals surface area contributed by atoms with Crippen molar-refractivity contribution in [3.05, 3.63) is 46.4 Å². The Morgan fingerprint density at radius 2 is 2.23 bits per heavy atom. The molecule has 0 saturated heterocycles. The lowest BCUT2D eigenvalue weighted by atomic mass is 10.2. The molecule has 0 aromatic carbocycles. The second-order valence-corrected chi connectivity index (χ2v) is 5.55. The number of hydrogen-bond donors (Lipinski definition) is 2. The Kier molecular flexibility index (Phi) is 4.32. The molecule has 22 heavy (non-hydrogen) atoms. The van der Waals surface area contributed by atoms with Gasteiger partial charge in [0.25, 0.3) is 5.91 Å². The third-order valence-electron chi connectivity index (χ3n) is 3.97. The van der Waals surface area contributed by atoms with Crippen molar-refractivity contribution in [1.29, 1.82) is 0 Å². The second kappa shape index (κ2) is 6.55. The van der Waals surface area contributed by atoms with E-state index in [1.165, 1.54) is 19.0 Å². The molecule has 0 aliphatic heterocycles. The van der Waals surface area contributed by atoms with Crippen LogP contribution in [-0.2, 0) is 6.42 Å². The number of amides is 1. The van der Waals surface area contributed by atoms with Gasteiger partial charge in [-0.15, -0.1) is 0 Å². The Labute approximate surface area is 127 Å². The van der Waals surface area contributed by atoms with Crippen LogP contribution >= 0.6 is 0 Å². The minimum atomic E-state index is -0.370. The van der Waals surface area contributed by atoms with Gasteiger partial charge in [0.1, 0.15) is 5.69 Å². The van der Waals surface area contributed by atoms with Crippen molar-refractivity contribution < 1.29 is 4.79 Å². The maximum absolute atomic E-state index is 12.1. The SMILES string of the molecule is O=C(NCCc1cnc(=O)[nH]c1)c1ccn(C2CCCC2)n1. The number of hydrogen-bond acceptors (Lipinski definition) is 4. The van der Waals surface area contributed by atoms with Crippen LogP contribution in [0, 0.1) is 0 Å². The fourth-order valence-electron chi connectivity index (χ4n) is 2.75. The Morgan fingerprint density at radius 1 is 1.41 bits per heavy atom. The van der Waals surface area contributed by atoms with Crippen molar-refractivity contribution in [2.45, 2.75) is 38.1 Å². The summed E-state index contributed by atoms with van der Waals surface area (Å²) >= 11 is 0. The highest BCUT2D eigenvalue weighted by Crippen LogP contribution is 2.28. The normalized spacial score (nSPS) is 15.1. The molecule has 0 spiro atoms. The number of nitrogens with one attached hydrogen (secondary N) is 2. The van der Waals surface area contributed by atoms with Crippen molar-refractivity contribution in [2.75, 3.05) is 6.54 Å². The summed E-state index contributed by atoms with van der Waals surface area (Å²) in [6, 6.07) is 2.20. The van der Waals surface area contributed by atoms with E-state index < -0.39 is 0 Å². The van der Waals surface area contributed by atoms with Crippen LogP contribution in [0.3, 0.4) is 0 Å². The van der Waals surface area contributed by atoms with Crippen molar-refractivity contribution >= 4 is 5.91 Å². The molecular weight excluding hydrogens is 282 g/mol. The molecule has 116 valence electrons. The van der Waals surface area contributed by atoms with Crippen molar-refractivity contribution in [1.82, 2.24) is 25.1 Å². The van der Waals surface area contributed by atoms with Gasteiger partial charge in [-0.2, -0.15) is 5.10 Å². The van der Waals surface area contributed by atoms with Crippen molar-refractivity contribution in [3.63, 3.8) is 0 Å². The number of carbonyl (C=O) groups excluding carboxylic acids is 1. The van der Waals surface area contributed by atoms with Crippen LogP contribution in [0.5, 0.6) is 0 Å². The van der Waals surface area contributed by atoms with Crippen LogP contribution in [0.25, 0.3) is 0 Å². The van der Waals surface area contributed by atoms with Gasteiger partial charge < -0.3 is 10.3 Å². The van der Waals surface area contributed by atoms with Crippen LogP contribution in [0.4, 0.5) is 0 Å². The molecule has 0 unspecified atom stereocenters. The zero-order chi connectivity index (χ0) is 15.4. The first kappa shape index (κ1) is 14.5. The fourth-order valence-corrected chi connectivity index (χ4v) is 2.75. The summed E-state index contributed by atoms with van der Waals surface area (Å²) in [5.41, 5.74) is 0.952. The number of carbonyl (C=O) groups is 1. The summed E-state index contributed by atoms with van der Waals surface area (Å²) in [5.74, 6) is -0.172. The Balaban J connectivity index is 1.51. The third kappa shape index (κ3) is 3.41. The number of aromatic amines is 1. The van der Waals surface area contributed by atoms with Crippen molar-refractivity contribution in [2.24, 2.45) is 0 Å². The lowest BCUT2D eigenvalue weighted by Gasteiger charge is -2.08. The van der Waals surface area contributed by atoms with Gasteiger partial charge in [0.05, 0.1) is 6.04 Å². The van der Waals surface area contributed by atoms with E-state index in [9.17, 15) is 9.59 Å². The molecule has 1 saturated carbocycles. The number of nitrogens with zero attached hydrogens (tertiary/aromatic N) is 3. The highest BCUT2D eigenvalue weighted by atomic mass is 16.2. The third-order valence-corrected chi connectivity index (χ3v) is 3.97. The van der Waals surface area contributed by atoms with Gasteiger partial charge in [0.2, 0.25) is 0 Å². The van der Waals surface area contributed by atoms with E-state index in [1.807, 2.05) is 10.9 Å². The molecule has 1 aliphatic rings. The molecule has 2 heterocycles. The average Bonchev–Trinajstić information content (AvgIpc) is 3.20. The van der Waals surface area contributed by atoms with Crippen LogP contribution in [0.1, 0.15) is 47.8 Å². The standard InChI is InChI=1S/C15H19N5O2/c21-14(16-7-5-11-9-17-15(22)18-10-11)13-6-8-20(19-13)12-3-1-2-4-12/h6,8-10,12H,1-5,7H2,(H,16,21)(H,17,18,22). The smallest absolute Gasteiger partial charge is 0.344 e.